The van der Waals surface area contributed by atoms with E-state index in [1.54, 1.807) is 10.6 Å². The van der Waals surface area contributed by atoms with Crippen LogP contribution in [0.4, 0.5) is 5.69 Å². The van der Waals surface area contributed by atoms with Crippen LogP contribution in [0.1, 0.15) is 6.92 Å². The third-order valence-corrected chi connectivity index (χ3v) is 6.27. The normalized spacial score (nSPS) is 11.9. The molecular formula is C19H22N4O5S. The van der Waals surface area contributed by atoms with Gasteiger partial charge in [-0.05, 0) is 43.3 Å². The number of benzene rings is 2. The second-order valence-corrected chi connectivity index (χ2v) is 8.21. The van der Waals surface area contributed by atoms with E-state index in [2.05, 4.69) is 5.32 Å². The molecule has 0 aliphatic carbocycles. The SMILES string of the molecule is CCn1c(=O)n(CC(=O)Nc2ccc(S(=O)(=O)N(C)OC)cc2)c2ccccc21. The molecule has 0 aliphatic heterocycles. The van der Waals surface area contributed by atoms with Crippen LogP contribution in [0.5, 0.6) is 0 Å². The molecule has 0 spiro atoms. The fourth-order valence-corrected chi connectivity index (χ4v) is 4.00. The number of anilines is 1. The molecule has 0 bridgehead atoms. The van der Waals surface area contributed by atoms with Gasteiger partial charge in [0.25, 0.3) is 10.0 Å². The lowest BCUT2D eigenvalue weighted by molar-refractivity contribution is -0.116. The van der Waals surface area contributed by atoms with Gasteiger partial charge in [-0.3, -0.25) is 18.8 Å². The van der Waals surface area contributed by atoms with Crippen LogP contribution in [0, 0.1) is 0 Å². The van der Waals surface area contributed by atoms with E-state index in [4.69, 9.17) is 4.84 Å². The number of rotatable bonds is 7. The highest BCUT2D eigenvalue weighted by Crippen LogP contribution is 2.18. The van der Waals surface area contributed by atoms with Crippen molar-refractivity contribution in [3.63, 3.8) is 0 Å². The van der Waals surface area contributed by atoms with E-state index in [0.717, 1.165) is 9.99 Å². The second-order valence-electron chi connectivity index (χ2n) is 6.27. The highest BCUT2D eigenvalue weighted by atomic mass is 32.2. The number of fused-ring (bicyclic) bond motifs is 1. The van der Waals surface area contributed by atoms with Gasteiger partial charge >= 0.3 is 5.69 Å². The van der Waals surface area contributed by atoms with Gasteiger partial charge in [0.15, 0.2) is 0 Å². The molecule has 0 atom stereocenters. The first kappa shape index (κ1) is 20.8. The molecule has 3 rings (SSSR count). The Balaban J connectivity index is 1.80. The lowest BCUT2D eigenvalue weighted by Crippen LogP contribution is -2.29. The molecule has 2 aromatic carbocycles. The number of carbonyl (C=O) groups excluding carboxylic acids is 1. The first-order valence-electron chi connectivity index (χ1n) is 8.90. The average Bonchev–Trinajstić information content (AvgIpc) is 2.98. The van der Waals surface area contributed by atoms with Crippen molar-refractivity contribution in [3.8, 4) is 0 Å². The minimum absolute atomic E-state index is 0.0297. The van der Waals surface area contributed by atoms with Crippen molar-refractivity contribution in [3.05, 3.63) is 59.0 Å². The Bertz CT molecular complexity index is 1200. The van der Waals surface area contributed by atoms with Crippen molar-refractivity contribution >= 4 is 32.7 Å². The maximum atomic E-state index is 12.6. The van der Waals surface area contributed by atoms with Gasteiger partial charge < -0.3 is 5.32 Å². The summed E-state index contributed by atoms with van der Waals surface area (Å²) in [5, 5.41) is 2.68. The molecule has 10 heteroatoms. The summed E-state index contributed by atoms with van der Waals surface area (Å²) in [5.74, 6) is -0.393. The Morgan fingerprint density at radius 1 is 1.07 bits per heavy atom. The quantitative estimate of drug-likeness (QED) is 0.588. The van der Waals surface area contributed by atoms with Gasteiger partial charge in [0.2, 0.25) is 5.91 Å². The Labute approximate surface area is 168 Å². The van der Waals surface area contributed by atoms with E-state index in [0.29, 0.717) is 17.7 Å². The van der Waals surface area contributed by atoms with Crippen LogP contribution >= 0.6 is 0 Å². The van der Waals surface area contributed by atoms with Gasteiger partial charge in [-0.1, -0.05) is 16.6 Å². The maximum absolute atomic E-state index is 12.6. The van der Waals surface area contributed by atoms with E-state index in [-0.39, 0.29) is 17.1 Å². The van der Waals surface area contributed by atoms with Crippen LogP contribution in [-0.4, -0.2) is 42.1 Å². The van der Waals surface area contributed by atoms with Gasteiger partial charge in [-0.2, -0.15) is 0 Å². The highest BCUT2D eigenvalue weighted by molar-refractivity contribution is 7.89. The van der Waals surface area contributed by atoms with Crippen molar-refractivity contribution in [1.29, 1.82) is 0 Å². The first-order valence-corrected chi connectivity index (χ1v) is 10.3. The molecule has 1 aromatic heterocycles. The molecule has 3 aromatic rings. The Morgan fingerprint density at radius 2 is 1.66 bits per heavy atom. The maximum Gasteiger partial charge on any atom is 0.329 e. The van der Waals surface area contributed by atoms with E-state index in [9.17, 15) is 18.0 Å². The highest BCUT2D eigenvalue weighted by Gasteiger charge is 2.20. The van der Waals surface area contributed by atoms with Gasteiger partial charge in [0.05, 0.1) is 23.0 Å². The van der Waals surface area contributed by atoms with Crippen molar-refractivity contribution in [2.75, 3.05) is 19.5 Å². The van der Waals surface area contributed by atoms with Crippen molar-refractivity contribution in [2.45, 2.75) is 24.9 Å². The van der Waals surface area contributed by atoms with E-state index in [1.165, 1.54) is 43.0 Å². The van der Waals surface area contributed by atoms with Crippen molar-refractivity contribution < 1.29 is 18.0 Å². The molecule has 9 nitrogen and oxygen atoms in total. The van der Waals surface area contributed by atoms with E-state index < -0.39 is 15.9 Å². The predicted octanol–water partition coefficient (Wildman–Crippen LogP) is 1.64. The predicted molar refractivity (Wildman–Crippen MR) is 109 cm³/mol. The summed E-state index contributed by atoms with van der Waals surface area (Å²) in [6, 6.07) is 13.0. The Hall–Kier alpha value is -2.95. The summed E-state index contributed by atoms with van der Waals surface area (Å²) >= 11 is 0. The number of hydrogen-bond donors (Lipinski definition) is 1. The van der Waals surface area contributed by atoms with E-state index in [1.807, 2.05) is 25.1 Å². The molecule has 0 fully saturated rings. The molecule has 0 radical (unpaired) electrons. The Kier molecular flexibility index (Phi) is 5.87. The van der Waals surface area contributed by atoms with E-state index >= 15 is 0 Å². The topological polar surface area (TPSA) is 103 Å². The Morgan fingerprint density at radius 3 is 2.21 bits per heavy atom. The third-order valence-electron chi connectivity index (χ3n) is 4.57. The molecule has 0 unspecified atom stereocenters. The smallest absolute Gasteiger partial charge is 0.325 e. The standard InChI is InChI=1S/C19H22N4O5S/c1-4-22-16-7-5-6-8-17(16)23(19(22)25)13-18(24)20-14-9-11-15(12-10-14)29(26,27)21(2)28-3/h5-12H,4,13H2,1-3H3,(H,20,24). The van der Waals surface area contributed by atoms with Crippen molar-refractivity contribution in [2.24, 2.45) is 0 Å². The fourth-order valence-electron chi connectivity index (χ4n) is 3.03. The number of aromatic nitrogens is 2. The van der Waals surface area contributed by atoms with Crippen LogP contribution in [0.3, 0.4) is 0 Å². The summed E-state index contributed by atoms with van der Waals surface area (Å²) < 4.78 is 28.2. The number of carbonyl (C=O) groups is 1. The molecule has 1 N–H and O–H groups in total. The fraction of sp³-hybridized carbons (Fsp3) is 0.263. The number of imidazole rings is 1. The van der Waals surface area contributed by atoms with Gasteiger partial charge in [0, 0.05) is 19.3 Å². The summed E-state index contributed by atoms with van der Waals surface area (Å²) in [4.78, 5) is 29.9. The lowest BCUT2D eigenvalue weighted by Gasteiger charge is -2.14. The number of hydroxylamine groups is 1. The monoisotopic (exact) mass is 418 g/mol. The molecule has 0 aliphatic rings. The average molecular weight is 418 g/mol. The van der Waals surface area contributed by atoms with Crippen LogP contribution in [0.25, 0.3) is 11.0 Å². The molecule has 0 saturated carbocycles. The zero-order valence-electron chi connectivity index (χ0n) is 16.3. The molecule has 1 amide bonds. The lowest BCUT2D eigenvalue weighted by atomic mass is 10.3. The van der Waals surface area contributed by atoms with Crippen molar-refractivity contribution in [1.82, 2.24) is 13.6 Å². The van der Waals surface area contributed by atoms with Gasteiger partial charge in [-0.15, -0.1) is 0 Å². The first-order chi connectivity index (χ1) is 13.8. The second kappa shape index (κ2) is 8.19. The van der Waals surface area contributed by atoms with Crippen LogP contribution < -0.4 is 11.0 Å². The number of para-hydroxylation sites is 2. The zero-order chi connectivity index (χ0) is 21.2. The number of aryl methyl sites for hydroxylation is 1. The number of sulfonamides is 1. The molecule has 0 saturated heterocycles. The summed E-state index contributed by atoms with van der Waals surface area (Å²) in [6.07, 6.45) is 0. The minimum atomic E-state index is -3.76. The number of nitrogens with zero attached hydrogens (tertiary/aromatic N) is 3. The summed E-state index contributed by atoms with van der Waals surface area (Å²) in [5.41, 5.74) is 1.61. The van der Waals surface area contributed by atoms with Crippen LogP contribution in [0.2, 0.25) is 0 Å². The molecule has 154 valence electrons. The molecule has 29 heavy (non-hydrogen) atoms. The third kappa shape index (κ3) is 3.95. The number of nitrogens with one attached hydrogen (secondary N) is 1. The minimum Gasteiger partial charge on any atom is -0.325 e. The number of amides is 1. The largest absolute Gasteiger partial charge is 0.329 e. The van der Waals surface area contributed by atoms with Gasteiger partial charge in [-0.25, -0.2) is 13.2 Å². The van der Waals surface area contributed by atoms with Crippen LogP contribution in [0.15, 0.2) is 58.2 Å². The summed E-state index contributed by atoms with van der Waals surface area (Å²) in [6.45, 7) is 2.22. The molecular weight excluding hydrogens is 396 g/mol. The van der Waals surface area contributed by atoms with Gasteiger partial charge in [0.1, 0.15) is 6.54 Å². The zero-order valence-corrected chi connectivity index (χ0v) is 17.1. The summed E-state index contributed by atoms with van der Waals surface area (Å²) in [7, 11) is -1.22. The molecule has 1 heterocycles. The number of hydrogen-bond acceptors (Lipinski definition) is 5. The van der Waals surface area contributed by atoms with Crippen LogP contribution in [-0.2, 0) is 32.7 Å².